The molecule has 0 aliphatic carbocycles. The minimum atomic E-state index is -0.413. The lowest BCUT2D eigenvalue weighted by Gasteiger charge is -2.07. The van der Waals surface area contributed by atoms with Crippen molar-refractivity contribution in [3.05, 3.63) is 58.5 Å². The molecule has 0 bridgehead atoms. The molecule has 0 aliphatic rings. The van der Waals surface area contributed by atoms with Crippen LogP contribution in [0.5, 0.6) is 0 Å². The molecule has 1 heterocycles. The fraction of sp³-hybridized carbons (Fsp3) is 0.0769. The van der Waals surface area contributed by atoms with Crippen molar-refractivity contribution >= 4 is 11.6 Å². The number of carbonyl (C=O) groups excluding carboxylic acids is 1. The van der Waals surface area contributed by atoms with Crippen LogP contribution in [0, 0.1) is 11.3 Å². The summed E-state index contributed by atoms with van der Waals surface area (Å²) in [6.45, 7) is -0.195. The van der Waals surface area contributed by atoms with E-state index in [1.54, 1.807) is 24.3 Å². The second-order valence-corrected chi connectivity index (χ2v) is 3.73. The molecule has 6 heteroatoms. The smallest absolute Gasteiger partial charge is 0.267 e. The number of hydrogen-bond acceptors (Lipinski definition) is 4. The number of benzene rings is 1. The van der Waals surface area contributed by atoms with Crippen LogP contribution >= 0.6 is 0 Å². The van der Waals surface area contributed by atoms with Crippen molar-refractivity contribution in [1.29, 1.82) is 5.26 Å². The lowest BCUT2D eigenvalue weighted by Crippen LogP contribution is -2.28. The number of para-hydroxylation sites is 1. The molecule has 0 saturated carbocycles. The predicted molar refractivity (Wildman–Crippen MR) is 68.3 cm³/mol. The van der Waals surface area contributed by atoms with Gasteiger partial charge in [0.05, 0.1) is 11.3 Å². The van der Waals surface area contributed by atoms with Gasteiger partial charge in [-0.1, -0.05) is 12.1 Å². The van der Waals surface area contributed by atoms with Crippen molar-refractivity contribution in [2.24, 2.45) is 0 Å². The zero-order valence-electron chi connectivity index (χ0n) is 9.91. The Kier molecular flexibility index (Phi) is 3.69. The number of aromatic nitrogens is 2. The molecule has 0 atom stereocenters. The van der Waals surface area contributed by atoms with Crippen LogP contribution in [0.3, 0.4) is 0 Å². The number of carbonyl (C=O) groups is 1. The van der Waals surface area contributed by atoms with Crippen molar-refractivity contribution in [1.82, 2.24) is 9.78 Å². The first-order valence-corrected chi connectivity index (χ1v) is 5.52. The highest BCUT2D eigenvalue weighted by atomic mass is 16.2. The molecule has 0 unspecified atom stereocenters. The van der Waals surface area contributed by atoms with Crippen LogP contribution in [0.25, 0.3) is 0 Å². The lowest BCUT2D eigenvalue weighted by atomic mass is 10.2. The van der Waals surface area contributed by atoms with Crippen molar-refractivity contribution < 1.29 is 4.79 Å². The van der Waals surface area contributed by atoms with Crippen LogP contribution in [0.1, 0.15) is 5.56 Å². The quantitative estimate of drug-likeness (QED) is 0.875. The summed E-state index contributed by atoms with van der Waals surface area (Å²) in [6, 6.07) is 11.4. The van der Waals surface area contributed by atoms with Gasteiger partial charge in [0.15, 0.2) is 0 Å². The Bertz CT molecular complexity index is 700. The molecule has 19 heavy (non-hydrogen) atoms. The standard InChI is InChI=1S/C13H10N4O2/c14-8-10-4-1-2-5-11(10)16-12(18)9-17-13(19)6-3-7-15-17/h1-7H,9H2,(H,16,18). The van der Waals surface area contributed by atoms with Crippen LogP contribution in [-0.2, 0) is 11.3 Å². The molecule has 2 aromatic rings. The first-order chi connectivity index (χ1) is 9.20. The van der Waals surface area contributed by atoms with E-state index in [4.69, 9.17) is 5.26 Å². The molecule has 94 valence electrons. The van der Waals surface area contributed by atoms with Crippen LogP contribution in [0.4, 0.5) is 5.69 Å². The Morgan fingerprint density at radius 1 is 1.32 bits per heavy atom. The van der Waals surface area contributed by atoms with Crippen LogP contribution in [0.2, 0.25) is 0 Å². The van der Waals surface area contributed by atoms with E-state index < -0.39 is 5.91 Å². The first-order valence-electron chi connectivity index (χ1n) is 5.52. The largest absolute Gasteiger partial charge is 0.323 e. The number of hydrogen-bond donors (Lipinski definition) is 1. The molecule has 1 N–H and O–H groups in total. The highest BCUT2D eigenvalue weighted by Gasteiger charge is 2.08. The van der Waals surface area contributed by atoms with Crippen LogP contribution in [-0.4, -0.2) is 15.7 Å². The predicted octanol–water partition coefficient (Wildman–Crippen LogP) is 0.754. The summed E-state index contributed by atoms with van der Waals surface area (Å²) in [5, 5.41) is 15.3. The minimum Gasteiger partial charge on any atom is -0.323 e. The van der Waals surface area contributed by atoms with Gasteiger partial charge in [0.1, 0.15) is 12.6 Å². The average Bonchev–Trinajstić information content (AvgIpc) is 2.42. The zero-order chi connectivity index (χ0) is 13.7. The molecular formula is C13H10N4O2. The van der Waals surface area contributed by atoms with E-state index in [0.29, 0.717) is 11.3 Å². The van der Waals surface area contributed by atoms with E-state index >= 15 is 0 Å². The third-order valence-electron chi connectivity index (χ3n) is 2.40. The average molecular weight is 254 g/mol. The van der Waals surface area contributed by atoms with Gasteiger partial charge >= 0.3 is 0 Å². The number of nitrogens with zero attached hydrogens (tertiary/aromatic N) is 3. The van der Waals surface area contributed by atoms with Gasteiger partial charge in [-0.25, -0.2) is 4.68 Å². The summed E-state index contributed by atoms with van der Waals surface area (Å²) in [7, 11) is 0. The monoisotopic (exact) mass is 254 g/mol. The maximum atomic E-state index is 11.8. The number of nitriles is 1. The molecule has 0 radical (unpaired) electrons. The zero-order valence-corrected chi connectivity index (χ0v) is 9.91. The number of nitrogens with one attached hydrogen (secondary N) is 1. The first kappa shape index (κ1) is 12.5. The Morgan fingerprint density at radius 3 is 2.84 bits per heavy atom. The van der Waals surface area contributed by atoms with Gasteiger partial charge in [-0.05, 0) is 18.2 Å². The SMILES string of the molecule is N#Cc1ccccc1NC(=O)Cn1ncccc1=O. The number of rotatable bonds is 3. The highest BCUT2D eigenvalue weighted by Crippen LogP contribution is 2.13. The van der Waals surface area contributed by atoms with Gasteiger partial charge < -0.3 is 5.32 Å². The molecule has 1 amide bonds. The summed E-state index contributed by atoms with van der Waals surface area (Å²) in [5.41, 5.74) is 0.425. The van der Waals surface area contributed by atoms with Gasteiger partial charge in [0.25, 0.3) is 5.56 Å². The summed E-state index contributed by atoms with van der Waals surface area (Å²) in [5.74, 6) is -0.413. The van der Waals surface area contributed by atoms with Gasteiger partial charge in [-0.3, -0.25) is 9.59 Å². The fourth-order valence-corrected chi connectivity index (χ4v) is 1.52. The minimum absolute atomic E-state index is 0.195. The Balaban J connectivity index is 2.13. The molecule has 0 aliphatic heterocycles. The summed E-state index contributed by atoms with van der Waals surface area (Å²) in [6.07, 6.45) is 1.43. The third-order valence-corrected chi connectivity index (χ3v) is 2.40. The maximum Gasteiger partial charge on any atom is 0.267 e. The molecule has 6 nitrogen and oxygen atoms in total. The second kappa shape index (κ2) is 5.60. The number of amides is 1. The summed E-state index contributed by atoms with van der Waals surface area (Å²) >= 11 is 0. The van der Waals surface area contributed by atoms with Crippen molar-refractivity contribution in [3.63, 3.8) is 0 Å². The summed E-state index contributed by atoms with van der Waals surface area (Å²) < 4.78 is 1.05. The third kappa shape index (κ3) is 3.04. The van der Waals surface area contributed by atoms with E-state index in [0.717, 1.165) is 4.68 Å². The maximum absolute atomic E-state index is 11.8. The van der Waals surface area contributed by atoms with E-state index in [2.05, 4.69) is 10.4 Å². The molecule has 0 spiro atoms. The van der Waals surface area contributed by atoms with E-state index in [1.807, 2.05) is 6.07 Å². The van der Waals surface area contributed by atoms with Crippen molar-refractivity contribution in [3.8, 4) is 6.07 Å². The van der Waals surface area contributed by atoms with Crippen LogP contribution in [0.15, 0.2) is 47.4 Å². The molecule has 1 aromatic carbocycles. The van der Waals surface area contributed by atoms with Gasteiger partial charge in [-0.15, -0.1) is 0 Å². The normalized spacial score (nSPS) is 9.63. The molecular weight excluding hydrogens is 244 g/mol. The van der Waals surface area contributed by atoms with Gasteiger partial charge in [-0.2, -0.15) is 10.4 Å². The van der Waals surface area contributed by atoms with E-state index in [-0.39, 0.29) is 12.1 Å². The summed E-state index contributed by atoms with van der Waals surface area (Å²) in [4.78, 5) is 23.2. The van der Waals surface area contributed by atoms with Crippen LogP contribution < -0.4 is 10.9 Å². The fourth-order valence-electron chi connectivity index (χ4n) is 1.52. The Morgan fingerprint density at radius 2 is 2.11 bits per heavy atom. The number of anilines is 1. The lowest BCUT2D eigenvalue weighted by molar-refractivity contribution is -0.117. The van der Waals surface area contributed by atoms with E-state index in [1.165, 1.54) is 18.3 Å². The molecule has 0 saturated heterocycles. The Labute approximate surface area is 108 Å². The molecule has 1 aromatic heterocycles. The van der Waals surface area contributed by atoms with Crippen molar-refractivity contribution in [2.75, 3.05) is 5.32 Å². The second-order valence-electron chi connectivity index (χ2n) is 3.73. The molecule has 2 rings (SSSR count). The van der Waals surface area contributed by atoms with Gasteiger partial charge in [0, 0.05) is 12.3 Å². The topological polar surface area (TPSA) is 87.8 Å². The van der Waals surface area contributed by atoms with E-state index in [9.17, 15) is 9.59 Å². The Hall–Kier alpha value is -2.94. The van der Waals surface area contributed by atoms with Gasteiger partial charge in [0.2, 0.25) is 5.91 Å². The highest BCUT2D eigenvalue weighted by molar-refractivity contribution is 5.91. The molecule has 0 fully saturated rings. The van der Waals surface area contributed by atoms with Crippen molar-refractivity contribution in [2.45, 2.75) is 6.54 Å².